The number of anilines is 1. The van der Waals surface area contributed by atoms with Crippen molar-refractivity contribution in [3.63, 3.8) is 0 Å². The van der Waals surface area contributed by atoms with Gasteiger partial charge >= 0.3 is 0 Å². The molecule has 0 radical (unpaired) electrons. The molecule has 0 aliphatic carbocycles. The average Bonchev–Trinajstić information content (AvgIpc) is 2.29. The summed E-state index contributed by atoms with van der Waals surface area (Å²) in [4.78, 5) is 4.54. The van der Waals surface area contributed by atoms with E-state index in [-0.39, 0.29) is 11.4 Å². The number of aliphatic hydroxyl groups is 1. The highest BCUT2D eigenvalue weighted by Gasteiger charge is 2.11. The predicted molar refractivity (Wildman–Crippen MR) is 73.2 cm³/mol. The van der Waals surface area contributed by atoms with E-state index in [9.17, 15) is 5.11 Å². The minimum Gasteiger partial charge on any atom is -0.399 e. The molecule has 1 aromatic carbocycles. The maximum absolute atomic E-state index is 9.47. The summed E-state index contributed by atoms with van der Waals surface area (Å²) in [5.41, 5.74) is 7.40. The molecule has 0 bridgehead atoms. The normalized spacial score (nSPS) is 14.8. The third-order valence-electron chi connectivity index (χ3n) is 2.67. The average molecular weight is 248 g/mol. The zero-order chi connectivity index (χ0) is 12.4. The monoisotopic (exact) mass is 248 g/mol. The lowest BCUT2D eigenvalue weighted by molar-refractivity contribution is 0.196. The van der Waals surface area contributed by atoms with Crippen molar-refractivity contribution in [2.45, 2.75) is 30.2 Å². The van der Waals surface area contributed by atoms with Crippen LogP contribution in [0.4, 0.5) is 5.69 Å². The largest absolute Gasteiger partial charge is 0.399 e. The van der Waals surface area contributed by atoms with E-state index >= 15 is 0 Å². The number of pyridine rings is 1. The quantitative estimate of drug-likeness (QED) is 0.647. The summed E-state index contributed by atoms with van der Waals surface area (Å²) in [5, 5.41) is 11.6. The number of aromatic nitrogens is 1. The van der Waals surface area contributed by atoms with Gasteiger partial charge in [0.25, 0.3) is 0 Å². The molecular weight excluding hydrogens is 232 g/mol. The van der Waals surface area contributed by atoms with Crippen LogP contribution in [-0.2, 0) is 0 Å². The Morgan fingerprint density at radius 2 is 2.00 bits per heavy atom. The SMILES string of the molecule is CC(O)C(C)Sc1ccc2cc(N)ccc2n1. The van der Waals surface area contributed by atoms with Gasteiger partial charge in [0.15, 0.2) is 0 Å². The number of hydrogen-bond acceptors (Lipinski definition) is 4. The van der Waals surface area contributed by atoms with E-state index in [1.54, 1.807) is 18.7 Å². The molecule has 4 heteroatoms. The molecule has 0 amide bonds. The molecule has 0 spiro atoms. The Labute approximate surface area is 105 Å². The summed E-state index contributed by atoms with van der Waals surface area (Å²) < 4.78 is 0. The van der Waals surface area contributed by atoms with Crippen LogP contribution in [0.1, 0.15) is 13.8 Å². The van der Waals surface area contributed by atoms with Gasteiger partial charge in [0, 0.05) is 16.3 Å². The van der Waals surface area contributed by atoms with Crippen LogP contribution in [0.5, 0.6) is 0 Å². The van der Waals surface area contributed by atoms with Crippen molar-refractivity contribution in [3.8, 4) is 0 Å². The van der Waals surface area contributed by atoms with Gasteiger partial charge in [-0.05, 0) is 31.2 Å². The molecule has 0 aliphatic heterocycles. The van der Waals surface area contributed by atoms with Gasteiger partial charge in [-0.15, -0.1) is 11.8 Å². The number of aliphatic hydroxyl groups excluding tert-OH is 1. The summed E-state index contributed by atoms with van der Waals surface area (Å²) in [6.45, 7) is 3.78. The second-order valence-corrected chi connectivity index (χ2v) is 5.56. The van der Waals surface area contributed by atoms with Gasteiger partial charge < -0.3 is 10.8 Å². The lowest BCUT2D eigenvalue weighted by Crippen LogP contribution is -2.15. The lowest BCUT2D eigenvalue weighted by Gasteiger charge is -2.13. The van der Waals surface area contributed by atoms with Crippen LogP contribution in [-0.4, -0.2) is 21.4 Å². The molecule has 3 N–H and O–H groups in total. The van der Waals surface area contributed by atoms with Gasteiger partial charge in [0.1, 0.15) is 0 Å². The van der Waals surface area contributed by atoms with Crippen LogP contribution < -0.4 is 5.73 Å². The van der Waals surface area contributed by atoms with E-state index in [1.165, 1.54) is 0 Å². The van der Waals surface area contributed by atoms with Crippen molar-refractivity contribution >= 4 is 28.4 Å². The van der Waals surface area contributed by atoms with Crippen LogP contribution in [0.15, 0.2) is 35.4 Å². The Morgan fingerprint density at radius 3 is 2.71 bits per heavy atom. The topological polar surface area (TPSA) is 59.1 Å². The van der Waals surface area contributed by atoms with Crippen molar-refractivity contribution in [3.05, 3.63) is 30.3 Å². The van der Waals surface area contributed by atoms with E-state index in [4.69, 9.17) is 5.73 Å². The maximum atomic E-state index is 9.47. The number of rotatable bonds is 3. The first kappa shape index (κ1) is 12.2. The van der Waals surface area contributed by atoms with Crippen molar-refractivity contribution in [2.24, 2.45) is 0 Å². The zero-order valence-electron chi connectivity index (χ0n) is 9.92. The van der Waals surface area contributed by atoms with Gasteiger partial charge in [-0.3, -0.25) is 0 Å². The minimum absolute atomic E-state index is 0.133. The van der Waals surface area contributed by atoms with Crippen molar-refractivity contribution in [1.29, 1.82) is 0 Å². The predicted octanol–water partition coefficient (Wildman–Crippen LogP) is 2.68. The lowest BCUT2D eigenvalue weighted by atomic mass is 10.2. The first-order chi connectivity index (χ1) is 8.06. The highest BCUT2D eigenvalue weighted by molar-refractivity contribution is 7.99. The fraction of sp³-hybridized carbons (Fsp3) is 0.308. The first-order valence-corrected chi connectivity index (χ1v) is 6.45. The fourth-order valence-electron chi connectivity index (χ4n) is 1.48. The second kappa shape index (κ2) is 4.94. The number of fused-ring (bicyclic) bond motifs is 1. The molecule has 0 saturated heterocycles. The Morgan fingerprint density at radius 1 is 1.24 bits per heavy atom. The molecule has 2 atom stereocenters. The van der Waals surface area contributed by atoms with Crippen molar-refractivity contribution in [2.75, 3.05) is 5.73 Å². The summed E-state index contributed by atoms with van der Waals surface area (Å²) in [6, 6.07) is 9.65. The summed E-state index contributed by atoms with van der Waals surface area (Å²) >= 11 is 1.58. The standard InChI is InChI=1S/C13H16N2OS/c1-8(16)9(2)17-13-6-3-10-7-11(14)4-5-12(10)15-13/h3-9,16H,14H2,1-2H3. The highest BCUT2D eigenvalue weighted by Crippen LogP contribution is 2.26. The minimum atomic E-state index is -0.344. The molecule has 3 nitrogen and oxygen atoms in total. The third-order valence-corrected chi connectivity index (χ3v) is 3.91. The number of nitrogens with two attached hydrogens (primary N) is 1. The van der Waals surface area contributed by atoms with E-state index in [1.807, 2.05) is 37.3 Å². The molecule has 1 aromatic heterocycles. The Kier molecular flexibility index (Phi) is 3.54. The van der Waals surface area contributed by atoms with Crippen molar-refractivity contribution in [1.82, 2.24) is 4.98 Å². The number of thioether (sulfide) groups is 1. The fourth-order valence-corrected chi connectivity index (χ4v) is 2.36. The molecule has 1 heterocycles. The summed E-state index contributed by atoms with van der Waals surface area (Å²) in [5.74, 6) is 0. The maximum Gasteiger partial charge on any atom is 0.0971 e. The molecule has 0 fully saturated rings. The molecule has 0 saturated carbocycles. The van der Waals surface area contributed by atoms with Gasteiger partial charge in [-0.2, -0.15) is 0 Å². The molecule has 17 heavy (non-hydrogen) atoms. The highest BCUT2D eigenvalue weighted by atomic mass is 32.2. The van der Waals surface area contributed by atoms with E-state index in [0.717, 1.165) is 21.6 Å². The number of nitrogens with zero attached hydrogens (tertiary/aromatic N) is 1. The molecule has 0 aliphatic rings. The Hall–Kier alpha value is -1.26. The Balaban J connectivity index is 2.29. The number of hydrogen-bond donors (Lipinski definition) is 2. The zero-order valence-corrected chi connectivity index (χ0v) is 10.7. The molecule has 2 aromatic rings. The number of nitrogen functional groups attached to an aromatic ring is 1. The van der Waals surface area contributed by atoms with Gasteiger partial charge in [0.05, 0.1) is 16.6 Å². The molecule has 2 unspecified atom stereocenters. The summed E-state index contributed by atoms with van der Waals surface area (Å²) in [6.07, 6.45) is -0.344. The third kappa shape index (κ3) is 2.90. The molecular formula is C13H16N2OS. The van der Waals surface area contributed by atoms with E-state index in [0.29, 0.717) is 0 Å². The molecule has 2 rings (SSSR count). The van der Waals surface area contributed by atoms with Crippen LogP contribution in [0, 0.1) is 0 Å². The summed E-state index contributed by atoms with van der Waals surface area (Å²) in [7, 11) is 0. The first-order valence-electron chi connectivity index (χ1n) is 5.57. The number of benzene rings is 1. The van der Waals surface area contributed by atoms with Crippen LogP contribution in [0.2, 0.25) is 0 Å². The van der Waals surface area contributed by atoms with Gasteiger partial charge in [0.2, 0.25) is 0 Å². The second-order valence-electron chi connectivity index (χ2n) is 4.17. The van der Waals surface area contributed by atoms with E-state index in [2.05, 4.69) is 4.98 Å². The van der Waals surface area contributed by atoms with Crippen LogP contribution >= 0.6 is 11.8 Å². The van der Waals surface area contributed by atoms with Crippen LogP contribution in [0.3, 0.4) is 0 Å². The van der Waals surface area contributed by atoms with E-state index < -0.39 is 0 Å². The smallest absolute Gasteiger partial charge is 0.0971 e. The molecule has 90 valence electrons. The van der Waals surface area contributed by atoms with Gasteiger partial charge in [-0.1, -0.05) is 13.0 Å². The van der Waals surface area contributed by atoms with Gasteiger partial charge in [-0.25, -0.2) is 4.98 Å². The van der Waals surface area contributed by atoms with Crippen molar-refractivity contribution < 1.29 is 5.11 Å². The van der Waals surface area contributed by atoms with Crippen LogP contribution in [0.25, 0.3) is 10.9 Å². The Bertz CT molecular complexity index is 528.